The summed E-state index contributed by atoms with van der Waals surface area (Å²) in [4.78, 5) is 46.0. The molecule has 3 amide bonds. The number of hydrogen-bond donors (Lipinski definition) is 2. The first-order valence-electron chi connectivity index (χ1n) is 11.4. The molecule has 0 aromatic carbocycles. The van der Waals surface area contributed by atoms with Gasteiger partial charge in [0.1, 0.15) is 11.6 Å². The first-order chi connectivity index (χ1) is 15.5. The van der Waals surface area contributed by atoms with Crippen LogP contribution in [0.4, 0.5) is 4.79 Å². The fourth-order valence-electron chi connectivity index (χ4n) is 3.44. The number of alkyl carbamates (subject to hydrolysis) is 1. The third-order valence-corrected chi connectivity index (χ3v) is 7.95. The molecule has 12 heteroatoms. The maximum Gasteiger partial charge on any atom is 0.408 e. The van der Waals surface area contributed by atoms with Gasteiger partial charge < -0.3 is 35.4 Å². The van der Waals surface area contributed by atoms with E-state index in [2.05, 4.69) is 15.1 Å². The van der Waals surface area contributed by atoms with Crippen molar-refractivity contribution >= 4 is 39.5 Å². The smallest absolute Gasteiger partial charge is 0.408 e. The molecule has 2 heterocycles. The summed E-state index contributed by atoms with van der Waals surface area (Å²) in [5.74, 6) is 0.662. The Morgan fingerprint density at radius 2 is 1.30 bits per heavy atom. The molecule has 0 radical (unpaired) electrons. The fourth-order valence-corrected chi connectivity index (χ4v) is 5.71. The van der Waals surface area contributed by atoms with Crippen LogP contribution in [0.5, 0.6) is 0 Å². The Balaban J connectivity index is 1.85. The van der Waals surface area contributed by atoms with Gasteiger partial charge in [-0.1, -0.05) is 21.6 Å². The molecule has 2 aliphatic rings. The monoisotopic (exact) mass is 504 g/mol. The van der Waals surface area contributed by atoms with Crippen LogP contribution in [0.1, 0.15) is 20.8 Å². The van der Waals surface area contributed by atoms with Crippen LogP contribution in [0.25, 0.3) is 0 Å². The minimum absolute atomic E-state index is 0.0341. The number of nitrogens with one attached hydrogen (secondary N) is 1. The highest BCUT2D eigenvalue weighted by Gasteiger charge is 2.30. The summed E-state index contributed by atoms with van der Waals surface area (Å²) in [5.41, 5.74) is 5.48. The highest BCUT2D eigenvalue weighted by molar-refractivity contribution is 8.76. The number of hydrogen-bond acceptors (Lipinski definition) is 9. The zero-order valence-electron chi connectivity index (χ0n) is 20.5. The average Bonchev–Trinajstić information content (AvgIpc) is 2.74. The van der Waals surface area contributed by atoms with Gasteiger partial charge in [-0.05, 0) is 34.9 Å². The molecule has 10 nitrogen and oxygen atoms in total. The van der Waals surface area contributed by atoms with E-state index in [0.717, 1.165) is 26.2 Å². The summed E-state index contributed by atoms with van der Waals surface area (Å²) in [6, 6.07) is -1.29. The van der Waals surface area contributed by atoms with E-state index in [1.165, 1.54) is 21.6 Å². The van der Waals surface area contributed by atoms with Gasteiger partial charge >= 0.3 is 6.09 Å². The van der Waals surface area contributed by atoms with Crippen molar-refractivity contribution in [3.05, 3.63) is 0 Å². The van der Waals surface area contributed by atoms with Crippen molar-refractivity contribution in [3.8, 4) is 0 Å². The molecule has 3 N–H and O–H groups in total. The average molecular weight is 505 g/mol. The molecule has 0 unspecified atom stereocenters. The van der Waals surface area contributed by atoms with Crippen LogP contribution < -0.4 is 11.1 Å². The van der Waals surface area contributed by atoms with Crippen molar-refractivity contribution < 1.29 is 19.1 Å². The summed E-state index contributed by atoms with van der Waals surface area (Å²) < 4.78 is 5.35. The maximum atomic E-state index is 13.1. The molecule has 0 bridgehead atoms. The second kappa shape index (κ2) is 13.0. The van der Waals surface area contributed by atoms with Gasteiger partial charge in [0.2, 0.25) is 11.8 Å². The standard InChI is InChI=1S/C21H40N6O4S2/c1-21(2,3)31-20(30)23-17(19(29)27-12-8-25(5)9-13-27)15-33-32-14-16(22)18(28)26-10-6-24(4)7-11-26/h16-17H,6-15,22H2,1-5H3,(H,23,30)/t16-,17-/m0/s1. The normalized spacial score (nSPS) is 20.3. The Labute approximate surface area is 205 Å². The number of amides is 3. The van der Waals surface area contributed by atoms with Crippen molar-refractivity contribution in [1.29, 1.82) is 0 Å². The predicted octanol–water partition coefficient (Wildman–Crippen LogP) is 0.136. The fraction of sp³-hybridized carbons (Fsp3) is 0.857. The number of piperazine rings is 2. The molecule has 0 aliphatic carbocycles. The van der Waals surface area contributed by atoms with Crippen LogP contribution in [-0.4, -0.2) is 133 Å². The van der Waals surface area contributed by atoms with E-state index in [0.29, 0.717) is 37.7 Å². The zero-order valence-corrected chi connectivity index (χ0v) is 22.2. The first-order valence-corrected chi connectivity index (χ1v) is 13.9. The minimum Gasteiger partial charge on any atom is -0.444 e. The van der Waals surface area contributed by atoms with Crippen LogP contribution in [0.15, 0.2) is 0 Å². The minimum atomic E-state index is -0.703. The molecule has 0 saturated carbocycles. The zero-order chi connectivity index (χ0) is 24.6. The number of nitrogens with zero attached hydrogens (tertiary/aromatic N) is 4. The number of nitrogens with two attached hydrogens (primary N) is 1. The Morgan fingerprint density at radius 3 is 1.79 bits per heavy atom. The lowest BCUT2D eigenvalue weighted by Crippen LogP contribution is -2.55. The lowest BCUT2D eigenvalue weighted by atomic mass is 10.2. The van der Waals surface area contributed by atoms with Gasteiger partial charge in [0.25, 0.3) is 0 Å². The van der Waals surface area contributed by atoms with E-state index in [4.69, 9.17) is 10.5 Å². The molecule has 0 aromatic heterocycles. The molecule has 33 heavy (non-hydrogen) atoms. The summed E-state index contributed by atoms with van der Waals surface area (Å²) in [6.45, 7) is 11.3. The number of carbonyl (C=O) groups excluding carboxylic acids is 3. The number of carbonyl (C=O) groups is 3. The SMILES string of the molecule is CN1CCN(C(=O)[C@H](CSSC[C@H](N)C(=O)N2CCN(C)CC2)NC(=O)OC(C)(C)C)CC1. The van der Waals surface area contributed by atoms with Crippen molar-refractivity contribution in [2.45, 2.75) is 38.5 Å². The molecular formula is C21H40N6O4S2. The van der Waals surface area contributed by atoms with E-state index >= 15 is 0 Å². The van der Waals surface area contributed by atoms with Gasteiger partial charge in [-0.15, -0.1) is 0 Å². The quantitative estimate of drug-likeness (QED) is 0.352. The molecule has 2 saturated heterocycles. The summed E-state index contributed by atoms with van der Waals surface area (Å²) in [5, 5.41) is 2.74. The topological polar surface area (TPSA) is 111 Å². The van der Waals surface area contributed by atoms with E-state index in [-0.39, 0.29) is 11.8 Å². The van der Waals surface area contributed by atoms with Crippen molar-refractivity contribution in [2.24, 2.45) is 5.73 Å². The lowest BCUT2D eigenvalue weighted by Gasteiger charge is -2.35. The van der Waals surface area contributed by atoms with E-state index in [1.807, 2.05) is 19.0 Å². The highest BCUT2D eigenvalue weighted by Crippen LogP contribution is 2.24. The van der Waals surface area contributed by atoms with Crippen molar-refractivity contribution in [1.82, 2.24) is 24.9 Å². The van der Waals surface area contributed by atoms with Gasteiger partial charge in [-0.3, -0.25) is 9.59 Å². The van der Waals surface area contributed by atoms with Gasteiger partial charge in [-0.2, -0.15) is 0 Å². The first kappa shape index (κ1) is 28.0. The molecular weight excluding hydrogens is 464 g/mol. The van der Waals surface area contributed by atoms with E-state index < -0.39 is 23.8 Å². The number of likely N-dealkylation sites (N-methyl/N-ethyl adjacent to an activating group) is 2. The van der Waals surface area contributed by atoms with Crippen LogP contribution in [-0.2, 0) is 14.3 Å². The summed E-state index contributed by atoms with van der Waals surface area (Å²) >= 11 is 0. The molecule has 190 valence electrons. The summed E-state index contributed by atoms with van der Waals surface area (Å²) in [7, 11) is 6.95. The van der Waals surface area contributed by atoms with Crippen molar-refractivity contribution in [3.63, 3.8) is 0 Å². The lowest BCUT2D eigenvalue weighted by molar-refractivity contribution is -0.134. The molecule has 0 spiro atoms. The Morgan fingerprint density at radius 1 is 0.848 bits per heavy atom. The molecule has 2 aliphatic heterocycles. The number of ether oxygens (including phenoxy) is 1. The van der Waals surface area contributed by atoms with Crippen LogP contribution in [0.2, 0.25) is 0 Å². The van der Waals surface area contributed by atoms with Gasteiger partial charge in [0.15, 0.2) is 0 Å². The third kappa shape index (κ3) is 9.89. The number of rotatable bonds is 8. The second-order valence-corrected chi connectivity index (χ2v) is 12.2. The van der Waals surface area contributed by atoms with Crippen LogP contribution >= 0.6 is 21.6 Å². The largest absolute Gasteiger partial charge is 0.444 e. The van der Waals surface area contributed by atoms with Gasteiger partial charge in [-0.25, -0.2) is 4.79 Å². The molecule has 0 aromatic rings. The predicted molar refractivity (Wildman–Crippen MR) is 134 cm³/mol. The van der Waals surface area contributed by atoms with Gasteiger partial charge in [0.05, 0.1) is 6.04 Å². The van der Waals surface area contributed by atoms with Crippen LogP contribution in [0, 0.1) is 0 Å². The molecule has 2 atom stereocenters. The Hall–Kier alpha value is -1.21. The van der Waals surface area contributed by atoms with Crippen molar-refractivity contribution in [2.75, 3.05) is 78.0 Å². The van der Waals surface area contributed by atoms with Crippen LogP contribution in [0.3, 0.4) is 0 Å². The molecule has 2 fully saturated rings. The Bertz CT molecular complexity index is 662. The summed E-state index contributed by atoms with van der Waals surface area (Å²) in [6.07, 6.45) is -0.609. The van der Waals surface area contributed by atoms with E-state index in [9.17, 15) is 14.4 Å². The maximum absolute atomic E-state index is 13.1. The Kier molecular flexibility index (Phi) is 11.1. The van der Waals surface area contributed by atoms with Gasteiger partial charge in [0, 0.05) is 63.9 Å². The van der Waals surface area contributed by atoms with E-state index in [1.54, 1.807) is 25.7 Å². The second-order valence-electron chi connectivity index (χ2n) is 9.63. The molecule has 2 rings (SSSR count). The highest BCUT2D eigenvalue weighted by atomic mass is 33.1. The third-order valence-electron chi connectivity index (χ3n) is 5.50.